The molecule has 0 aromatic heterocycles. The van der Waals surface area contributed by atoms with Crippen molar-refractivity contribution in [3.8, 4) is 22.3 Å². The van der Waals surface area contributed by atoms with Crippen molar-refractivity contribution in [3.05, 3.63) is 163 Å². The van der Waals surface area contributed by atoms with Gasteiger partial charge in [-0.2, -0.15) is 0 Å². The molecule has 3 heterocycles. The summed E-state index contributed by atoms with van der Waals surface area (Å²) in [6, 6.07) is 57.9. The van der Waals surface area contributed by atoms with Crippen LogP contribution in [0.4, 0.5) is 34.1 Å². The fraction of sp³-hybridized carbons (Fsp3) is 0.0233. The monoisotopic (exact) mass is 595 g/mol. The van der Waals surface area contributed by atoms with E-state index < -0.39 is 0 Å². The van der Waals surface area contributed by atoms with Crippen LogP contribution in [0.3, 0.4) is 0 Å². The van der Waals surface area contributed by atoms with E-state index in [0.29, 0.717) is 0 Å². The van der Waals surface area contributed by atoms with Gasteiger partial charge in [0.25, 0.3) is 0 Å². The van der Waals surface area contributed by atoms with Crippen LogP contribution in [0.1, 0.15) is 5.56 Å². The maximum atomic E-state index is 2.49. The highest BCUT2D eigenvalue weighted by Crippen LogP contribution is 2.43. The number of hydrogen-bond donors (Lipinski definition) is 0. The zero-order chi connectivity index (χ0) is 31.1. The van der Waals surface area contributed by atoms with Crippen molar-refractivity contribution in [2.75, 3.05) is 9.80 Å². The molecule has 3 aliphatic rings. The Bertz CT molecular complexity index is 2370. The first-order valence-electron chi connectivity index (χ1n) is 16.4. The number of benzene rings is 7. The van der Waals surface area contributed by atoms with Crippen LogP contribution in [0.25, 0.3) is 22.3 Å². The van der Waals surface area contributed by atoms with Crippen molar-refractivity contribution in [2.24, 2.45) is 0 Å². The molecule has 7 aromatic carbocycles. The third kappa shape index (κ3) is 3.82. The molecule has 217 valence electrons. The number of anilines is 6. The van der Waals surface area contributed by atoms with Crippen molar-refractivity contribution in [1.29, 1.82) is 0 Å². The first kappa shape index (κ1) is 26.5. The van der Waals surface area contributed by atoms with Gasteiger partial charge < -0.3 is 9.80 Å². The van der Waals surface area contributed by atoms with E-state index >= 15 is 0 Å². The molecule has 4 heteroatoms. The lowest BCUT2D eigenvalue weighted by Gasteiger charge is -2.40. The standard InChI is InChI=1S/C43H29B2N2/c1-28-14-8-9-19-31(28)33-21-12-24-38-42(33)44-35-26-41-37(27-40(35)46(38)29-15-4-2-5-16-29)45-36-23-11-10-20-32(36)34-22-13-25-39(43(34)45)47(41)30-17-6-3-7-18-30/h2-27H,1H3. The summed E-state index contributed by atoms with van der Waals surface area (Å²) < 4.78 is 0. The van der Waals surface area contributed by atoms with E-state index in [0.717, 1.165) is 5.69 Å². The van der Waals surface area contributed by atoms with Gasteiger partial charge in [0.2, 0.25) is 6.71 Å². The van der Waals surface area contributed by atoms with Crippen LogP contribution in [-0.4, -0.2) is 14.0 Å². The molecule has 0 bridgehead atoms. The molecule has 2 nitrogen and oxygen atoms in total. The normalized spacial score (nSPS) is 13.3. The van der Waals surface area contributed by atoms with Crippen molar-refractivity contribution in [3.63, 3.8) is 0 Å². The molecular formula is C43H29B2N2. The second kappa shape index (κ2) is 10.1. The van der Waals surface area contributed by atoms with E-state index in [9.17, 15) is 0 Å². The highest BCUT2D eigenvalue weighted by molar-refractivity contribution is 7.01. The van der Waals surface area contributed by atoms with Gasteiger partial charge in [-0.25, -0.2) is 0 Å². The Labute approximate surface area is 276 Å². The van der Waals surface area contributed by atoms with E-state index in [4.69, 9.17) is 0 Å². The van der Waals surface area contributed by atoms with Crippen LogP contribution in [-0.2, 0) is 0 Å². The molecule has 0 N–H and O–H groups in total. The van der Waals surface area contributed by atoms with E-state index in [-0.39, 0.29) is 6.71 Å². The fourth-order valence-electron chi connectivity index (χ4n) is 8.24. The summed E-state index contributed by atoms with van der Waals surface area (Å²) in [5, 5.41) is 0. The summed E-state index contributed by atoms with van der Waals surface area (Å²) in [4.78, 5) is 4.96. The van der Waals surface area contributed by atoms with Crippen LogP contribution in [0, 0.1) is 6.92 Å². The van der Waals surface area contributed by atoms with Crippen LogP contribution >= 0.6 is 0 Å². The molecular weight excluding hydrogens is 566 g/mol. The average Bonchev–Trinajstić information content (AvgIpc) is 3.46. The molecule has 0 aliphatic carbocycles. The Morgan fingerprint density at radius 3 is 1.79 bits per heavy atom. The van der Waals surface area contributed by atoms with Crippen LogP contribution in [0.5, 0.6) is 0 Å². The number of aryl methyl sites for hydroxylation is 1. The molecule has 7 aromatic rings. The van der Waals surface area contributed by atoms with Gasteiger partial charge in [-0.1, -0.05) is 126 Å². The molecule has 0 amide bonds. The van der Waals surface area contributed by atoms with Gasteiger partial charge in [-0.15, -0.1) is 0 Å². The summed E-state index contributed by atoms with van der Waals surface area (Å²) >= 11 is 0. The molecule has 0 atom stereocenters. The SMILES string of the molecule is Cc1ccccc1-c1cccc2c1[B]c1cc3c(cc1N2c1ccccc1)B1c2ccccc2-c2cccc(c21)N3c1ccccc1. The minimum atomic E-state index is 0.162. The van der Waals surface area contributed by atoms with Gasteiger partial charge in [0.15, 0.2) is 7.28 Å². The van der Waals surface area contributed by atoms with Gasteiger partial charge in [-0.3, -0.25) is 0 Å². The van der Waals surface area contributed by atoms with Crippen LogP contribution in [0.2, 0.25) is 0 Å². The maximum absolute atomic E-state index is 2.49. The summed E-state index contributed by atoms with van der Waals surface area (Å²) in [6.45, 7) is 2.37. The zero-order valence-corrected chi connectivity index (χ0v) is 26.1. The quantitative estimate of drug-likeness (QED) is 0.197. The van der Waals surface area contributed by atoms with E-state index in [1.54, 1.807) is 0 Å². The Kier molecular flexibility index (Phi) is 5.71. The summed E-state index contributed by atoms with van der Waals surface area (Å²) in [5.74, 6) is 0. The highest BCUT2D eigenvalue weighted by Gasteiger charge is 2.43. The second-order valence-electron chi connectivity index (χ2n) is 12.8. The van der Waals surface area contributed by atoms with Gasteiger partial charge >= 0.3 is 0 Å². The minimum Gasteiger partial charge on any atom is -0.312 e. The van der Waals surface area contributed by atoms with Gasteiger partial charge in [0.1, 0.15) is 0 Å². The van der Waals surface area contributed by atoms with Crippen molar-refractivity contribution >= 4 is 75.4 Å². The molecule has 1 radical (unpaired) electrons. The maximum Gasteiger partial charge on any atom is 0.248 e. The van der Waals surface area contributed by atoms with Crippen LogP contribution in [0.15, 0.2) is 158 Å². The molecule has 0 spiro atoms. The Hall–Kier alpha value is -5.73. The number of nitrogens with zero attached hydrogens (tertiary/aromatic N) is 2. The highest BCUT2D eigenvalue weighted by atomic mass is 15.2. The molecule has 0 saturated carbocycles. The topological polar surface area (TPSA) is 6.48 Å². The number of hydrogen-bond acceptors (Lipinski definition) is 2. The molecule has 47 heavy (non-hydrogen) atoms. The Balaban J connectivity index is 1.27. The predicted molar refractivity (Wildman–Crippen MR) is 201 cm³/mol. The Morgan fingerprint density at radius 2 is 1.04 bits per heavy atom. The van der Waals surface area contributed by atoms with Gasteiger partial charge in [0.05, 0.1) is 0 Å². The number of rotatable bonds is 3. The second-order valence-corrected chi connectivity index (χ2v) is 12.8. The lowest BCUT2D eigenvalue weighted by Crippen LogP contribution is -2.56. The smallest absolute Gasteiger partial charge is 0.248 e. The van der Waals surface area contributed by atoms with E-state index in [2.05, 4.69) is 182 Å². The average molecular weight is 595 g/mol. The van der Waals surface area contributed by atoms with Gasteiger partial charge in [-0.05, 0) is 94.2 Å². The zero-order valence-electron chi connectivity index (χ0n) is 26.1. The summed E-state index contributed by atoms with van der Waals surface area (Å²) in [5.41, 5.74) is 20.3. The van der Waals surface area contributed by atoms with Crippen molar-refractivity contribution in [2.45, 2.75) is 6.92 Å². The molecule has 10 rings (SSSR count). The van der Waals surface area contributed by atoms with Crippen molar-refractivity contribution < 1.29 is 0 Å². The number of para-hydroxylation sites is 2. The fourth-order valence-corrected chi connectivity index (χ4v) is 8.24. The molecule has 3 aliphatic heterocycles. The first-order valence-corrected chi connectivity index (χ1v) is 16.4. The first-order chi connectivity index (χ1) is 23.3. The third-order valence-corrected chi connectivity index (χ3v) is 10.2. The minimum absolute atomic E-state index is 0.162. The van der Waals surface area contributed by atoms with E-state index in [1.165, 1.54) is 83.6 Å². The summed E-state index contributed by atoms with van der Waals surface area (Å²) in [6.07, 6.45) is 0. The van der Waals surface area contributed by atoms with E-state index in [1.807, 2.05) is 0 Å². The lowest BCUT2D eigenvalue weighted by atomic mass is 9.36. The summed E-state index contributed by atoms with van der Waals surface area (Å²) in [7, 11) is 2.42. The molecule has 0 fully saturated rings. The van der Waals surface area contributed by atoms with Gasteiger partial charge in [0, 0.05) is 34.1 Å². The molecule has 0 unspecified atom stereocenters. The lowest BCUT2D eigenvalue weighted by molar-refractivity contribution is 1.27. The largest absolute Gasteiger partial charge is 0.312 e. The number of fused-ring (bicyclic) bond motifs is 7. The Morgan fingerprint density at radius 1 is 0.447 bits per heavy atom. The predicted octanol–water partition coefficient (Wildman–Crippen LogP) is 7.38. The van der Waals surface area contributed by atoms with Crippen LogP contribution < -0.4 is 37.1 Å². The third-order valence-electron chi connectivity index (χ3n) is 10.2. The molecule has 0 saturated heterocycles. The van der Waals surface area contributed by atoms with Crippen molar-refractivity contribution in [1.82, 2.24) is 0 Å².